The van der Waals surface area contributed by atoms with Crippen molar-refractivity contribution in [2.45, 2.75) is 32.7 Å². The first kappa shape index (κ1) is 20.1. The molecule has 0 saturated carbocycles. The summed E-state index contributed by atoms with van der Waals surface area (Å²) in [6, 6.07) is 17.3. The normalized spacial score (nSPS) is 12.0. The Bertz CT molecular complexity index is 835. The molecule has 2 aromatic rings. The zero-order valence-electron chi connectivity index (χ0n) is 16.0. The van der Waals surface area contributed by atoms with Crippen molar-refractivity contribution in [2.24, 2.45) is 0 Å². The Morgan fingerprint density at radius 1 is 1.22 bits per heavy atom. The lowest BCUT2D eigenvalue weighted by Gasteiger charge is -2.14. The fourth-order valence-corrected chi connectivity index (χ4v) is 2.60. The van der Waals surface area contributed by atoms with Gasteiger partial charge >= 0.3 is 0 Å². The van der Waals surface area contributed by atoms with E-state index in [1.165, 1.54) is 6.20 Å². The van der Waals surface area contributed by atoms with Crippen molar-refractivity contribution in [1.82, 2.24) is 5.32 Å². The van der Waals surface area contributed by atoms with Gasteiger partial charge in [-0.1, -0.05) is 44.2 Å². The minimum atomic E-state index is -0.415. The van der Waals surface area contributed by atoms with Crippen molar-refractivity contribution in [3.63, 3.8) is 0 Å². The molecule has 0 aliphatic heterocycles. The van der Waals surface area contributed by atoms with Gasteiger partial charge in [-0.05, 0) is 41.7 Å². The van der Waals surface area contributed by atoms with Gasteiger partial charge in [0.25, 0.3) is 5.91 Å². The van der Waals surface area contributed by atoms with Crippen LogP contribution in [0.2, 0.25) is 0 Å². The summed E-state index contributed by atoms with van der Waals surface area (Å²) in [5.74, 6) is 0.727. The minimum Gasteiger partial charge on any atom is -0.497 e. The van der Waals surface area contributed by atoms with Crippen LogP contribution < -0.4 is 15.4 Å². The fourth-order valence-electron chi connectivity index (χ4n) is 2.60. The molecule has 1 amide bonds. The monoisotopic (exact) mass is 363 g/mol. The predicted octanol–water partition coefficient (Wildman–Crippen LogP) is 4.34. The highest BCUT2D eigenvalue weighted by Crippen LogP contribution is 2.26. The number of nitrogens with zero attached hydrogens (tertiary/aromatic N) is 1. The molecule has 1 atom stereocenters. The Labute approximate surface area is 160 Å². The molecule has 0 radical (unpaired) electrons. The van der Waals surface area contributed by atoms with Gasteiger partial charge in [0.05, 0.1) is 7.11 Å². The summed E-state index contributed by atoms with van der Waals surface area (Å²) in [7, 11) is 1.60. The lowest BCUT2D eigenvalue weighted by Crippen LogP contribution is -2.24. The van der Waals surface area contributed by atoms with Crippen LogP contribution in [0.1, 0.15) is 37.3 Å². The van der Waals surface area contributed by atoms with Crippen molar-refractivity contribution in [3.05, 3.63) is 71.4 Å². The van der Waals surface area contributed by atoms with Crippen LogP contribution >= 0.6 is 0 Å². The smallest absolute Gasteiger partial charge is 0.263 e. The van der Waals surface area contributed by atoms with E-state index in [2.05, 4.69) is 30.5 Å². The van der Waals surface area contributed by atoms with E-state index >= 15 is 0 Å². The number of carbonyl (C=O) groups is 1. The third-order valence-corrected chi connectivity index (χ3v) is 4.45. The quantitative estimate of drug-likeness (QED) is 0.540. The zero-order valence-corrected chi connectivity index (χ0v) is 16.0. The number of rotatable bonds is 8. The second kappa shape index (κ2) is 10.0. The molecule has 27 heavy (non-hydrogen) atoms. The van der Waals surface area contributed by atoms with Gasteiger partial charge in [0.15, 0.2) is 0 Å². The summed E-state index contributed by atoms with van der Waals surface area (Å²) in [6.07, 6.45) is 2.47. The van der Waals surface area contributed by atoms with E-state index in [4.69, 9.17) is 4.74 Å². The van der Waals surface area contributed by atoms with E-state index in [1.54, 1.807) is 7.11 Å². The lowest BCUT2D eigenvalue weighted by molar-refractivity contribution is -0.117. The Kier molecular flexibility index (Phi) is 7.45. The van der Waals surface area contributed by atoms with E-state index in [-0.39, 0.29) is 5.57 Å². The Morgan fingerprint density at radius 3 is 2.56 bits per heavy atom. The fraction of sp³-hybridized carbons (Fsp3) is 0.273. The van der Waals surface area contributed by atoms with E-state index in [9.17, 15) is 10.1 Å². The maximum absolute atomic E-state index is 12.3. The van der Waals surface area contributed by atoms with Crippen molar-refractivity contribution >= 4 is 11.6 Å². The molecule has 5 nitrogen and oxygen atoms in total. The third kappa shape index (κ3) is 5.61. The van der Waals surface area contributed by atoms with Crippen molar-refractivity contribution in [3.8, 4) is 11.8 Å². The molecule has 1 unspecified atom stereocenters. The SMILES string of the molecule is CCC(C)c1ccccc1N/C=C(/C#N)C(=O)NCc1ccc(OC)cc1. The minimum absolute atomic E-state index is 0.0301. The van der Waals surface area contributed by atoms with Gasteiger partial charge in [-0.2, -0.15) is 5.26 Å². The number of hydrogen-bond acceptors (Lipinski definition) is 4. The molecule has 0 spiro atoms. The first-order valence-electron chi connectivity index (χ1n) is 8.95. The molecule has 0 saturated heterocycles. The Hall–Kier alpha value is -3.26. The molecule has 2 rings (SSSR count). The molecule has 0 bridgehead atoms. The van der Waals surface area contributed by atoms with E-state index in [0.717, 1.165) is 29.0 Å². The van der Waals surface area contributed by atoms with Gasteiger partial charge in [0, 0.05) is 18.4 Å². The third-order valence-electron chi connectivity index (χ3n) is 4.45. The van der Waals surface area contributed by atoms with Crippen LogP contribution in [0.3, 0.4) is 0 Å². The number of para-hydroxylation sites is 1. The number of carbonyl (C=O) groups excluding carboxylic acids is 1. The van der Waals surface area contributed by atoms with Gasteiger partial charge in [0.2, 0.25) is 0 Å². The molecule has 0 aliphatic rings. The van der Waals surface area contributed by atoms with Gasteiger partial charge in [0.1, 0.15) is 17.4 Å². The van der Waals surface area contributed by atoms with Crippen LogP contribution in [0.15, 0.2) is 60.3 Å². The molecule has 0 heterocycles. The second-order valence-electron chi connectivity index (χ2n) is 6.24. The molecule has 2 aromatic carbocycles. The molecule has 0 aromatic heterocycles. The first-order valence-corrected chi connectivity index (χ1v) is 8.95. The number of ether oxygens (including phenoxy) is 1. The summed E-state index contributed by atoms with van der Waals surface area (Å²) >= 11 is 0. The summed E-state index contributed by atoms with van der Waals surface area (Å²) in [5.41, 5.74) is 3.02. The van der Waals surface area contributed by atoms with Crippen LogP contribution in [0.5, 0.6) is 5.75 Å². The maximum Gasteiger partial charge on any atom is 0.263 e. The predicted molar refractivity (Wildman–Crippen MR) is 107 cm³/mol. The molecule has 2 N–H and O–H groups in total. The molecule has 140 valence electrons. The van der Waals surface area contributed by atoms with Crippen LogP contribution in [-0.2, 0) is 11.3 Å². The maximum atomic E-state index is 12.3. The van der Waals surface area contributed by atoms with Gasteiger partial charge in [-0.15, -0.1) is 0 Å². The van der Waals surface area contributed by atoms with Crippen molar-refractivity contribution < 1.29 is 9.53 Å². The number of amides is 1. The molecular formula is C22H25N3O2. The molecular weight excluding hydrogens is 338 g/mol. The highest BCUT2D eigenvalue weighted by Gasteiger charge is 2.11. The number of benzene rings is 2. The molecule has 5 heteroatoms. The summed E-state index contributed by atoms with van der Waals surface area (Å²) in [4.78, 5) is 12.3. The van der Waals surface area contributed by atoms with Crippen LogP contribution in [-0.4, -0.2) is 13.0 Å². The Morgan fingerprint density at radius 2 is 1.93 bits per heavy atom. The van der Waals surface area contributed by atoms with Gasteiger partial charge in [-0.3, -0.25) is 4.79 Å². The average molecular weight is 363 g/mol. The van der Waals surface area contributed by atoms with E-state index in [0.29, 0.717) is 12.5 Å². The topological polar surface area (TPSA) is 74.2 Å². The largest absolute Gasteiger partial charge is 0.497 e. The lowest BCUT2D eigenvalue weighted by atomic mass is 9.97. The highest BCUT2D eigenvalue weighted by atomic mass is 16.5. The first-order chi connectivity index (χ1) is 13.1. The van der Waals surface area contributed by atoms with Crippen molar-refractivity contribution in [1.29, 1.82) is 5.26 Å². The zero-order chi connectivity index (χ0) is 19.6. The standard InChI is InChI=1S/C22H25N3O2/c1-4-16(2)20-7-5-6-8-21(20)24-15-18(13-23)22(26)25-14-17-9-11-19(27-3)12-10-17/h5-12,15-16,24H,4,14H2,1-3H3,(H,25,26)/b18-15-. The molecule has 0 fully saturated rings. The molecule has 0 aliphatic carbocycles. The number of nitrogens with one attached hydrogen (secondary N) is 2. The number of anilines is 1. The highest BCUT2D eigenvalue weighted by molar-refractivity contribution is 5.97. The summed E-state index contributed by atoms with van der Waals surface area (Å²) < 4.78 is 5.11. The van der Waals surface area contributed by atoms with Crippen LogP contribution in [0.25, 0.3) is 0 Å². The number of hydrogen-bond donors (Lipinski definition) is 2. The van der Waals surface area contributed by atoms with Crippen molar-refractivity contribution in [2.75, 3.05) is 12.4 Å². The van der Waals surface area contributed by atoms with Gasteiger partial charge < -0.3 is 15.4 Å². The second-order valence-corrected chi connectivity index (χ2v) is 6.24. The van der Waals surface area contributed by atoms with Crippen LogP contribution in [0.4, 0.5) is 5.69 Å². The van der Waals surface area contributed by atoms with E-state index < -0.39 is 5.91 Å². The Balaban J connectivity index is 2.03. The average Bonchev–Trinajstić information content (AvgIpc) is 2.72. The van der Waals surface area contributed by atoms with Crippen LogP contribution in [0, 0.1) is 11.3 Å². The summed E-state index contributed by atoms with van der Waals surface area (Å²) in [5, 5.41) is 15.2. The number of methoxy groups -OCH3 is 1. The number of nitriles is 1. The summed E-state index contributed by atoms with van der Waals surface area (Å²) in [6.45, 7) is 4.62. The van der Waals surface area contributed by atoms with Gasteiger partial charge in [-0.25, -0.2) is 0 Å². The van der Waals surface area contributed by atoms with E-state index in [1.807, 2.05) is 48.5 Å².